The minimum atomic E-state index is -4.27. The second kappa shape index (κ2) is 13.8. The standard InChI is InChI=1S/2C3H7NO5S.C2H4.Na.H/c2*4-2(3(5)6)1-10(7,8)9;1-2;;/h2*2H,1,4H2,(H,5,6)(H,7,8,9);1-2H2;;/q;;;+1;-1. The largest absolute Gasteiger partial charge is 1.00 e. The van der Waals surface area contributed by atoms with Crippen molar-refractivity contribution >= 4 is 32.2 Å². The van der Waals surface area contributed by atoms with Crippen molar-refractivity contribution in [1.82, 2.24) is 0 Å². The van der Waals surface area contributed by atoms with E-state index in [1.807, 2.05) is 0 Å². The van der Waals surface area contributed by atoms with Gasteiger partial charge in [0.15, 0.2) is 0 Å². The molecule has 8 N–H and O–H groups in total. The number of rotatable bonds is 6. The van der Waals surface area contributed by atoms with Crippen LogP contribution in [0.1, 0.15) is 1.43 Å². The number of nitrogens with two attached hydrogens (primary N) is 2. The second-order valence-electron chi connectivity index (χ2n) is 3.39. The summed E-state index contributed by atoms with van der Waals surface area (Å²) in [6, 6.07) is -3.12. The topological polar surface area (TPSA) is 235 Å². The molecular formula is C8H19N2NaO10S2. The molecule has 15 heteroatoms. The third-order valence-corrected chi connectivity index (χ3v) is 2.98. The van der Waals surface area contributed by atoms with Crippen LogP contribution in [0.25, 0.3) is 0 Å². The van der Waals surface area contributed by atoms with Gasteiger partial charge in [-0.15, -0.1) is 13.2 Å². The number of hydrogen-bond donors (Lipinski definition) is 6. The van der Waals surface area contributed by atoms with Crippen LogP contribution in [0.2, 0.25) is 0 Å². The van der Waals surface area contributed by atoms with Gasteiger partial charge in [0.05, 0.1) is 0 Å². The fourth-order valence-corrected chi connectivity index (χ4v) is 1.79. The molecule has 23 heavy (non-hydrogen) atoms. The normalized spacial score (nSPS) is 12.9. The van der Waals surface area contributed by atoms with E-state index in [-0.39, 0.29) is 31.0 Å². The first-order chi connectivity index (χ1) is 9.65. The van der Waals surface area contributed by atoms with Crippen molar-refractivity contribution in [2.45, 2.75) is 12.1 Å². The molecule has 0 rings (SSSR count). The first-order valence-corrected chi connectivity index (χ1v) is 8.24. The Morgan fingerprint density at radius 1 is 0.870 bits per heavy atom. The zero-order valence-corrected chi connectivity index (χ0v) is 15.8. The van der Waals surface area contributed by atoms with E-state index >= 15 is 0 Å². The van der Waals surface area contributed by atoms with Gasteiger partial charge >= 0.3 is 41.5 Å². The minimum absolute atomic E-state index is 0. The summed E-state index contributed by atoms with van der Waals surface area (Å²) >= 11 is 0. The SMILES string of the molecule is C=C.NC(CS(=O)(=O)O)C(=O)O.NC(CS(=O)(=O)O)C(=O)O.[H-].[Na+]. The van der Waals surface area contributed by atoms with Crippen molar-refractivity contribution in [2.75, 3.05) is 11.5 Å². The summed E-state index contributed by atoms with van der Waals surface area (Å²) in [4.78, 5) is 19.8. The van der Waals surface area contributed by atoms with E-state index in [9.17, 15) is 26.4 Å². The molecule has 2 atom stereocenters. The summed E-state index contributed by atoms with van der Waals surface area (Å²) < 4.78 is 56.0. The summed E-state index contributed by atoms with van der Waals surface area (Å²) in [6.45, 7) is 6.00. The predicted octanol–water partition coefficient (Wildman–Crippen LogP) is -5.51. The van der Waals surface area contributed by atoms with Crippen LogP contribution < -0.4 is 41.0 Å². The molecule has 0 heterocycles. The Morgan fingerprint density at radius 3 is 1.09 bits per heavy atom. The van der Waals surface area contributed by atoms with E-state index in [4.69, 9.17) is 30.8 Å². The minimum Gasteiger partial charge on any atom is -1.00 e. The molecule has 12 nitrogen and oxygen atoms in total. The van der Waals surface area contributed by atoms with Crippen molar-refractivity contribution in [3.63, 3.8) is 0 Å². The van der Waals surface area contributed by atoms with Crippen LogP contribution in [0, 0.1) is 0 Å². The molecule has 0 aliphatic carbocycles. The summed E-state index contributed by atoms with van der Waals surface area (Å²) in [5, 5.41) is 16.1. The average molecular weight is 390 g/mol. The summed E-state index contributed by atoms with van der Waals surface area (Å²) in [5.74, 6) is -4.83. The molecule has 0 aliphatic rings. The smallest absolute Gasteiger partial charge is 1.00 e. The predicted molar refractivity (Wildman–Crippen MR) is 76.4 cm³/mol. The van der Waals surface area contributed by atoms with Gasteiger partial charge in [0, 0.05) is 0 Å². The van der Waals surface area contributed by atoms with Crippen molar-refractivity contribution in [2.24, 2.45) is 11.5 Å². The Bertz CT molecular complexity index is 517. The van der Waals surface area contributed by atoms with Gasteiger partial charge in [0.1, 0.15) is 23.6 Å². The van der Waals surface area contributed by atoms with Crippen LogP contribution in [-0.4, -0.2) is 71.7 Å². The van der Waals surface area contributed by atoms with Crippen molar-refractivity contribution < 1.29 is 76.7 Å². The van der Waals surface area contributed by atoms with Crippen LogP contribution in [0.4, 0.5) is 0 Å². The number of hydrogen-bond acceptors (Lipinski definition) is 8. The number of carbonyl (C=O) groups is 2. The van der Waals surface area contributed by atoms with E-state index in [0.717, 1.165) is 0 Å². The molecule has 0 saturated carbocycles. The summed E-state index contributed by atoms with van der Waals surface area (Å²) in [7, 11) is -8.55. The van der Waals surface area contributed by atoms with Crippen molar-refractivity contribution in [3.05, 3.63) is 13.2 Å². The molecule has 134 valence electrons. The van der Waals surface area contributed by atoms with Gasteiger partial charge in [0.2, 0.25) is 0 Å². The second-order valence-corrected chi connectivity index (χ2v) is 6.38. The van der Waals surface area contributed by atoms with E-state index in [2.05, 4.69) is 13.2 Å². The fraction of sp³-hybridized carbons (Fsp3) is 0.500. The van der Waals surface area contributed by atoms with Crippen LogP contribution in [0.15, 0.2) is 13.2 Å². The van der Waals surface area contributed by atoms with Gasteiger partial charge in [-0.2, -0.15) is 16.8 Å². The molecule has 0 aromatic heterocycles. The molecule has 2 unspecified atom stereocenters. The van der Waals surface area contributed by atoms with Gasteiger partial charge in [-0.05, 0) is 0 Å². The molecule has 0 fully saturated rings. The van der Waals surface area contributed by atoms with Crippen molar-refractivity contribution in [3.8, 4) is 0 Å². The Kier molecular flexibility index (Phi) is 18.2. The Hall–Kier alpha value is -0.580. The van der Waals surface area contributed by atoms with E-state index < -0.39 is 55.8 Å². The third kappa shape index (κ3) is 26.6. The Labute approximate surface area is 156 Å². The molecule has 0 aliphatic heterocycles. The zero-order chi connectivity index (χ0) is 18.7. The first-order valence-electron chi connectivity index (χ1n) is 5.03. The number of aliphatic carboxylic acids is 2. The summed E-state index contributed by atoms with van der Waals surface area (Å²) in [6.07, 6.45) is 0. The van der Waals surface area contributed by atoms with Gasteiger partial charge in [-0.3, -0.25) is 18.7 Å². The molecule has 0 bridgehead atoms. The van der Waals surface area contributed by atoms with Crippen LogP contribution in [-0.2, 0) is 29.8 Å². The monoisotopic (exact) mass is 390 g/mol. The Balaban J connectivity index is -0.0000000843. The Morgan fingerprint density at radius 2 is 1.04 bits per heavy atom. The van der Waals surface area contributed by atoms with Crippen LogP contribution in [0.3, 0.4) is 0 Å². The quantitative estimate of drug-likeness (QED) is 0.141. The molecule has 0 aromatic rings. The zero-order valence-electron chi connectivity index (χ0n) is 13.2. The van der Waals surface area contributed by atoms with Gasteiger partial charge in [-0.1, -0.05) is 0 Å². The molecule has 0 spiro atoms. The maximum Gasteiger partial charge on any atom is 1.00 e. The third-order valence-electron chi connectivity index (χ3n) is 1.41. The molecule has 0 aromatic carbocycles. The average Bonchev–Trinajstić information content (AvgIpc) is 2.27. The van der Waals surface area contributed by atoms with E-state index in [1.54, 1.807) is 0 Å². The van der Waals surface area contributed by atoms with E-state index in [1.165, 1.54) is 0 Å². The van der Waals surface area contributed by atoms with Gasteiger partial charge in [0.25, 0.3) is 20.2 Å². The molecule has 0 saturated heterocycles. The van der Waals surface area contributed by atoms with Crippen molar-refractivity contribution in [1.29, 1.82) is 0 Å². The van der Waals surface area contributed by atoms with Gasteiger partial charge < -0.3 is 23.1 Å². The maximum atomic E-state index is 9.96. The van der Waals surface area contributed by atoms with E-state index in [0.29, 0.717) is 0 Å². The van der Waals surface area contributed by atoms with Crippen LogP contribution >= 0.6 is 0 Å². The summed E-state index contributed by atoms with van der Waals surface area (Å²) in [5.41, 5.74) is 9.53. The molecular weight excluding hydrogens is 371 g/mol. The first kappa shape index (κ1) is 30.3. The number of carboxylic acid groups (broad SMARTS) is 2. The fourth-order valence-electron chi connectivity index (χ4n) is 0.596. The van der Waals surface area contributed by atoms with Crippen LogP contribution in [0.5, 0.6) is 0 Å². The number of carboxylic acids is 2. The molecule has 0 radical (unpaired) electrons. The molecule has 0 amide bonds. The van der Waals surface area contributed by atoms with Gasteiger partial charge in [-0.25, -0.2) is 0 Å². The maximum absolute atomic E-state index is 9.96.